The van der Waals surface area contributed by atoms with Gasteiger partial charge in [-0.15, -0.1) is 0 Å². The molecule has 1 spiro atoms. The van der Waals surface area contributed by atoms with E-state index in [0.29, 0.717) is 32.5 Å². The molecule has 3 fully saturated rings. The fourth-order valence-electron chi connectivity index (χ4n) is 6.67. The molecule has 1 aromatic carbocycles. The molecule has 11 heteroatoms. The summed E-state index contributed by atoms with van der Waals surface area (Å²) >= 11 is 0. The maximum atomic E-state index is 12.7. The minimum atomic E-state index is -0.610. The first-order valence-corrected chi connectivity index (χ1v) is 16.3. The number of epoxide rings is 2. The van der Waals surface area contributed by atoms with Gasteiger partial charge in [-0.05, 0) is 64.9 Å². The van der Waals surface area contributed by atoms with Crippen LogP contribution in [-0.4, -0.2) is 86.8 Å². The number of hydrogen-bond donors (Lipinski definition) is 4. The Morgan fingerprint density at radius 3 is 2.40 bits per heavy atom. The highest BCUT2D eigenvalue weighted by Gasteiger charge is 2.72. The van der Waals surface area contributed by atoms with Gasteiger partial charge in [0.15, 0.2) is 0 Å². The van der Waals surface area contributed by atoms with E-state index in [9.17, 15) is 14.4 Å². The Morgan fingerprint density at radius 2 is 1.78 bits per heavy atom. The van der Waals surface area contributed by atoms with Gasteiger partial charge in [-0.3, -0.25) is 14.9 Å². The summed E-state index contributed by atoms with van der Waals surface area (Å²) < 4.78 is 24.1. The molecule has 45 heavy (non-hydrogen) atoms. The van der Waals surface area contributed by atoms with Crippen LogP contribution in [-0.2, 0) is 35.0 Å². The van der Waals surface area contributed by atoms with Gasteiger partial charge in [0.05, 0.1) is 31.2 Å². The molecule has 250 valence electrons. The lowest BCUT2D eigenvalue weighted by Gasteiger charge is -2.42. The Bertz CT molecular complexity index is 1170. The molecule has 1 aliphatic carbocycles. The number of nitrogens with two attached hydrogens (primary N) is 1. The summed E-state index contributed by atoms with van der Waals surface area (Å²) in [6, 6.07) is 8.94. The number of allylic oxidation sites excluding steroid dienone is 1. The second-order valence-corrected chi connectivity index (χ2v) is 13.0. The van der Waals surface area contributed by atoms with Crippen LogP contribution < -0.4 is 21.7 Å². The summed E-state index contributed by atoms with van der Waals surface area (Å²) in [4.78, 5) is 36.7. The van der Waals surface area contributed by atoms with Gasteiger partial charge in [-0.25, -0.2) is 4.79 Å². The van der Waals surface area contributed by atoms with Crippen LogP contribution in [0.3, 0.4) is 0 Å². The van der Waals surface area contributed by atoms with Crippen LogP contribution >= 0.6 is 0 Å². The van der Waals surface area contributed by atoms with Crippen molar-refractivity contribution < 1.29 is 33.3 Å². The first-order valence-electron chi connectivity index (χ1n) is 16.3. The minimum absolute atomic E-state index is 0.00717. The number of benzene rings is 1. The summed E-state index contributed by atoms with van der Waals surface area (Å²) in [7, 11) is 1.67. The highest BCUT2D eigenvalue weighted by molar-refractivity contribution is 5.82. The molecule has 0 aromatic heterocycles. The number of carbonyl (C=O) groups is 3. The second-order valence-electron chi connectivity index (χ2n) is 13.0. The van der Waals surface area contributed by atoms with E-state index in [4.69, 9.17) is 24.7 Å². The van der Waals surface area contributed by atoms with Crippen LogP contribution in [0.2, 0.25) is 0 Å². The lowest BCUT2D eigenvalue weighted by molar-refractivity contribution is -0.121. The third-order valence-electron chi connectivity index (χ3n) is 9.33. The summed E-state index contributed by atoms with van der Waals surface area (Å²) in [5.74, 6) is -0.673. The number of rotatable bonds is 18. The average Bonchev–Trinajstić information content (AvgIpc) is 3.93. The van der Waals surface area contributed by atoms with Crippen LogP contribution in [0.25, 0.3) is 0 Å². The zero-order valence-electron chi connectivity index (χ0n) is 27.3. The van der Waals surface area contributed by atoms with E-state index in [2.05, 4.69) is 42.8 Å². The molecule has 1 aromatic rings. The molecule has 1 saturated carbocycles. The molecule has 0 radical (unpaired) electrons. The first kappa shape index (κ1) is 34.9. The van der Waals surface area contributed by atoms with Crippen molar-refractivity contribution in [1.29, 1.82) is 0 Å². The molecule has 7 atom stereocenters. The summed E-state index contributed by atoms with van der Waals surface area (Å²) in [6.07, 6.45) is 7.43. The average molecular weight is 629 g/mol. The summed E-state index contributed by atoms with van der Waals surface area (Å²) in [6.45, 7) is 8.07. The van der Waals surface area contributed by atoms with Gasteiger partial charge in [-0.1, -0.05) is 54.8 Å². The number of methoxy groups -OCH3 is 1. The molecule has 2 saturated heterocycles. The van der Waals surface area contributed by atoms with E-state index in [1.807, 2.05) is 30.3 Å². The Hall–Kier alpha value is -2.99. The summed E-state index contributed by atoms with van der Waals surface area (Å²) in [5.41, 5.74) is 7.12. The number of primary amides is 1. The van der Waals surface area contributed by atoms with Crippen molar-refractivity contribution in [3.8, 4) is 0 Å². The maximum absolute atomic E-state index is 12.7. The lowest BCUT2D eigenvalue weighted by Crippen LogP contribution is -2.56. The molecular formula is C34H52N4O7. The molecule has 3 amide bonds. The van der Waals surface area contributed by atoms with Crippen molar-refractivity contribution in [1.82, 2.24) is 16.0 Å². The Labute approximate surface area is 267 Å². The van der Waals surface area contributed by atoms with E-state index in [1.165, 1.54) is 5.57 Å². The number of carbonyl (C=O) groups excluding carboxylic acids is 3. The van der Waals surface area contributed by atoms with Crippen molar-refractivity contribution in [2.45, 2.75) is 108 Å². The lowest BCUT2D eigenvalue weighted by atomic mass is 9.68. The van der Waals surface area contributed by atoms with E-state index in [-0.39, 0.29) is 47.9 Å². The van der Waals surface area contributed by atoms with Gasteiger partial charge in [-0.2, -0.15) is 0 Å². The van der Waals surface area contributed by atoms with E-state index >= 15 is 0 Å². The third-order valence-corrected chi connectivity index (χ3v) is 9.33. The number of nitrogens with one attached hydrogen (secondary N) is 3. The second kappa shape index (κ2) is 16.0. The standard InChI is InChI=1S/C34H52N4O7/c1-23(2)14-15-27-33(3,45-27)30-29(42-4)26(16-17-34(30)22-43-34)44-32(41)37-19-11-6-5-10-18-36-28(39)21-38-25(31(35)40)20-24-12-8-7-9-13-24/h7-9,12-14,25-27,29-30,38H,5-6,10-11,15-22H2,1-4H3,(H2,35,40)(H,36,39)(H,37,41)/t25-,26?,27+,29?,30?,33+,34-/m0/s1. The van der Waals surface area contributed by atoms with Gasteiger partial charge < -0.3 is 35.3 Å². The van der Waals surface area contributed by atoms with Crippen molar-refractivity contribution in [2.75, 3.05) is 33.4 Å². The zero-order chi connectivity index (χ0) is 32.5. The molecule has 0 bridgehead atoms. The molecule has 2 aliphatic heterocycles. The Morgan fingerprint density at radius 1 is 1.09 bits per heavy atom. The highest BCUT2D eigenvalue weighted by atomic mass is 16.6. The predicted octanol–water partition coefficient (Wildman–Crippen LogP) is 3.15. The number of ether oxygens (including phenoxy) is 4. The van der Waals surface area contributed by atoms with Crippen LogP contribution in [0.1, 0.15) is 71.3 Å². The molecular weight excluding hydrogens is 576 g/mol. The van der Waals surface area contributed by atoms with Crippen LogP contribution in [0.15, 0.2) is 42.0 Å². The van der Waals surface area contributed by atoms with Crippen LogP contribution in [0.4, 0.5) is 4.79 Å². The molecule has 3 aliphatic rings. The topological polar surface area (TPSA) is 157 Å². The van der Waals surface area contributed by atoms with Crippen LogP contribution in [0, 0.1) is 5.92 Å². The van der Waals surface area contributed by atoms with Gasteiger partial charge in [0.25, 0.3) is 0 Å². The van der Waals surface area contributed by atoms with Crippen molar-refractivity contribution in [2.24, 2.45) is 11.7 Å². The fraction of sp³-hybridized carbons (Fsp3) is 0.676. The Balaban J connectivity index is 1.08. The first-order chi connectivity index (χ1) is 21.6. The van der Waals surface area contributed by atoms with Crippen molar-refractivity contribution in [3.05, 3.63) is 47.5 Å². The normalized spacial score (nSPS) is 29.0. The predicted molar refractivity (Wildman–Crippen MR) is 170 cm³/mol. The molecule has 2 heterocycles. The molecule has 5 N–H and O–H groups in total. The number of unbranched alkanes of at least 4 members (excludes halogenated alkanes) is 3. The molecule has 3 unspecified atom stereocenters. The van der Waals surface area contributed by atoms with Gasteiger partial charge in [0.1, 0.15) is 23.4 Å². The van der Waals surface area contributed by atoms with E-state index in [1.54, 1.807) is 7.11 Å². The monoisotopic (exact) mass is 628 g/mol. The highest BCUT2D eigenvalue weighted by Crippen LogP contribution is 2.59. The quantitative estimate of drug-likeness (QED) is 0.110. The summed E-state index contributed by atoms with van der Waals surface area (Å²) in [5, 5.41) is 8.71. The fourth-order valence-corrected chi connectivity index (χ4v) is 6.67. The SMILES string of the molecule is COC1C(OC(=O)NCCCCCCNC(=O)CN[C@@H](Cc2ccccc2)C(N)=O)CC[C@]2(CO2)C1[C@]1(C)O[C@@H]1CC=C(C)C. The van der Waals surface area contributed by atoms with Crippen LogP contribution in [0.5, 0.6) is 0 Å². The number of hydrogen-bond acceptors (Lipinski definition) is 8. The minimum Gasteiger partial charge on any atom is -0.443 e. The van der Waals surface area contributed by atoms with Crippen molar-refractivity contribution in [3.63, 3.8) is 0 Å². The Kier molecular flexibility index (Phi) is 12.4. The smallest absolute Gasteiger partial charge is 0.407 e. The molecule has 11 nitrogen and oxygen atoms in total. The molecule has 4 rings (SSSR count). The largest absolute Gasteiger partial charge is 0.443 e. The van der Waals surface area contributed by atoms with E-state index in [0.717, 1.165) is 44.1 Å². The maximum Gasteiger partial charge on any atom is 0.407 e. The number of amides is 3. The van der Waals surface area contributed by atoms with Gasteiger partial charge in [0.2, 0.25) is 11.8 Å². The van der Waals surface area contributed by atoms with Gasteiger partial charge in [0, 0.05) is 20.2 Å². The van der Waals surface area contributed by atoms with E-state index < -0.39 is 18.0 Å². The van der Waals surface area contributed by atoms with Gasteiger partial charge >= 0.3 is 6.09 Å². The third kappa shape index (κ3) is 9.75. The van der Waals surface area contributed by atoms with Crippen molar-refractivity contribution >= 4 is 17.9 Å². The number of alkyl carbamates (subject to hydrolysis) is 1. The zero-order valence-corrected chi connectivity index (χ0v) is 27.3.